The van der Waals surface area contributed by atoms with E-state index in [-0.39, 0.29) is 23.0 Å². The number of anilines is 1. The second-order valence-corrected chi connectivity index (χ2v) is 11.8. The smallest absolute Gasteiger partial charge is 0.264 e. The van der Waals surface area contributed by atoms with Crippen LogP contribution in [0.15, 0.2) is 82.6 Å². The van der Waals surface area contributed by atoms with Gasteiger partial charge in [-0.05, 0) is 81.5 Å². The van der Waals surface area contributed by atoms with Gasteiger partial charge < -0.3 is 15.0 Å². The number of para-hydroxylation sites is 2. The molecule has 1 unspecified atom stereocenters. The molecule has 0 fully saturated rings. The van der Waals surface area contributed by atoms with E-state index in [0.29, 0.717) is 18.9 Å². The number of hydrogen-bond acceptors (Lipinski definition) is 6. The molecule has 10 heteroatoms. The number of ether oxygens (including phenoxy) is 1. The molecule has 3 aromatic rings. The van der Waals surface area contributed by atoms with E-state index >= 15 is 0 Å². The number of nitrogens with zero attached hydrogens (tertiary/aromatic N) is 2. The van der Waals surface area contributed by atoms with Crippen molar-refractivity contribution in [1.82, 2.24) is 10.2 Å². The second kappa shape index (κ2) is 14.2. The first-order valence-electron chi connectivity index (χ1n) is 13.1. The topological polar surface area (TPSA) is 96.0 Å². The molecule has 40 heavy (non-hydrogen) atoms. The molecule has 0 aliphatic rings. The number of rotatable bonds is 13. The van der Waals surface area contributed by atoms with Crippen LogP contribution in [0.1, 0.15) is 31.9 Å². The Morgan fingerprint density at radius 2 is 1.62 bits per heavy atom. The maximum Gasteiger partial charge on any atom is 0.264 e. The highest BCUT2D eigenvalue weighted by molar-refractivity contribution is 7.98. The Morgan fingerprint density at radius 1 is 0.975 bits per heavy atom. The van der Waals surface area contributed by atoms with E-state index in [1.165, 1.54) is 28.8 Å². The summed E-state index contributed by atoms with van der Waals surface area (Å²) in [6.07, 6.45) is 1.91. The Hall–Kier alpha value is -3.50. The molecular weight excluding hydrogens is 546 g/mol. The van der Waals surface area contributed by atoms with Gasteiger partial charge in [0.2, 0.25) is 11.8 Å². The summed E-state index contributed by atoms with van der Waals surface area (Å²) in [5.74, 6) is -0.497. The number of benzene rings is 3. The van der Waals surface area contributed by atoms with Crippen LogP contribution in [0.25, 0.3) is 0 Å². The van der Waals surface area contributed by atoms with Gasteiger partial charge in [0, 0.05) is 18.0 Å². The molecule has 0 aliphatic carbocycles. The van der Waals surface area contributed by atoms with Gasteiger partial charge in [-0.3, -0.25) is 13.9 Å². The third kappa shape index (κ3) is 7.37. The molecule has 214 valence electrons. The lowest BCUT2D eigenvalue weighted by Crippen LogP contribution is -2.51. The Balaban J connectivity index is 2.09. The summed E-state index contributed by atoms with van der Waals surface area (Å²) in [6, 6.07) is 20.0. The van der Waals surface area contributed by atoms with Crippen molar-refractivity contribution in [2.75, 3.05) is 30.3 Å². The average molecular weight is 584 g/mol. The third-order valence-electron chi connectivity index (χ3n) is 6.48. The zero-order valence-electron chi connectivity index (χ0n) is 23.6. The largest absolute Gasteiger partial charge is 0.492 e. The number of nitrogens with one attached hydrogen (secondary N) is 1. The fraction of sp³-hybridized carbons (Fsp3) is 0.333. The van der Waals surface area contributed by atoms with Gasteiger partial charge in [0.15, 0.2) is 0 Å². The lowest BCUT2D eigenvalue weighted by atomic mass is 10.1. The molecule has 2 amide bonds. The van der Waals surface area contributed by atoms with Gasteiger partial charge in [-0.2, -0.15) is 0 Å². The lowest BCUT2D eigenvalue weighted by Gasteiger charge is -2.32. The van der Waals surface area contributed by atoms with Gasteiger partial charge >= 0.3 is 0 Å². The highest BCUT2D eigenvalue weighted by Crippen LogP contribution is 2.33. The van der Waals surface area contributed by atoms with Crippen LogP contribution in [0, 0.1) is 6.92 Å². The average Bonchev–Trinajstić information content (AvgIpc) is 2.95. The van der Waals surface area contributed by atoms with Gasteiger partial charge in [0.1, 0.15) is 18.3 Å². The molecule has 0 saturated heterocycles. The van der Waals surface area contributed by atoms with E-state index in [4.69, 9.17) is 4.74 Å². The number of likely N-dealkylation sites (N-methyl/N-ethyl adjacent to an activating group) is 1. The van der Waals surface area contributed by atoms with Crippen LogP contribution in [0.5, 0.6) is 5.75 Å². The Kier molecular flexibility index (Phi) is 11.0. The predicted molar refractivity (Wildman–Crippen MR) is 160 cm³/mol. The van der Waals surface area contributed by atoms with Crippen molar-refractivity contribution in [1.29, 1.82) is 0 Å². The van der Waals surface area contributed by atoms with Crippen molar-refractivity contribution in [3.05, 3.63) is 83.9 Å². The summed E-state index contributed by atoms with van der Waals surface area (Å²) >= 11 is 1.50. The Labute approximate surface area is 241 Å². The Morgan fingerprint density at radius 3 is 2.25 bits per heavy atom. The van der Waals surface area contributed by atoms with E-state index in [2.05, 4.69) is 5.32 Å². The molecule has 0 radical (unpaired) electrons. The molecule has 0 saturated carbocycles. The molecule has 0 aromatic heterocycles. The predicted octanol–water partition coefficient (Wildman–Crippen LogP) is 4.86. The summed E-state index contributed by atoms with van der Waals surface area (Å²) in [5.41, 5.74) is 2.07. The maximum atomic E-state index is 14.1. The molecule has 3 aromatic carbocycles. The second-order valence-electron chi connectivity index (χ2n) is 9.11. The van der Waals surface area contributed by atoms with E-state index in [0.717, 1.165) is 20.3 Å². The number of thioether (sulfide) groups is 1. The molecule has 0 aliphatic heterocycles. The molecule has 0 spiro atoms. The molecule has 8 nitrogen and oxygen atoms in total. The molecule has 3 rings (SSSR count). The van der Waals surface area contributed by atoms with Crippen LogP contribution >= 0.6 is 11.8 Å². The van der Waals surface area contributed by atoms with Crippen LogP contribution in [-0.4, -0.2) is 57.1 Å². The number of carbonyl (C=O) groups is 2. The van der Waals surface area contributed by atoms with Crippen LogP contribution in [-0.2, 0) is 26.2 Å². The first-order valence-corrected chi connectivity index (χ1v) is 15.8. The zero-order chi connectivity index (χ0) is 29.3. The van der Waals surface area contributed by atoms with Crippen molar-refractivity contribution < 1.29 is 22.7 Å². The SMILES string of the molecule is CCNC(=O)C(C)N(Cc1ccccc1C)C(=O)CN(c1ccccc1OCC)S(=O)(=O)c1ccc(SC)cc1. The van der Waals surface area contributed by atoms with Crippen molar-refractivity contribution in [2.45, 2.75) is 50.1 Å². The van der Waals surface area contributed by atoms with E-state index in [9.17, 15) is 18.0 Å². The van der Waals surface area contributed by atoms with E-state index in [1.807, 2.05) is 37.4 Å². The summed E-state index contributed by atoms with van der Waals surface area (Å²) in [4.78, 5) is 29.3. The quantitative estimate of drug-likeness (QED) is 0.289. The number of carbonyl (C=O) groups excluding carboxylic acids is 2. The van der Waals surface area contributed by atoms with Gasteiger partial charge in [-0.15, -0.1) is 11.8 Å². The zero-order valence-corrected chi connectivity index (χ0v) is 25.2. The third-order valence-corrected chi connectivity index (χ3v) is 9.00. The number of sulfonamides is 1. The molecular formula is C30H37N3O5S2. The minimum absolute atomic E-state index is 0.0478. The summed E-state index contributed by atoms with van der Waals surface area (Å²) in [6.45, 7) is 7.54. The van der Waals surface area contributed by atoms with Crippen molar-refractivity contribution in [3.63, 3.8) is 0 Å². The van der Waals surface area contributed by atoms with Crippen LogP contribution < -0.4 is 14.4 Å². The Bertz CT molecular complexity index is 1410. The van der Waals surface area contributed by atoms with Crippen LogP contribution in [0.2, 0.25) is 0 Å². The van der Waals surface area contributed by atoms with Crippen LogP contribution in [0.4, 0.5) is 5.69 Å². The van der Waals surface area contributed by atoms with Gasteiger partial charge in [0.25, 0.3) is 10.0 Å². The van der Waals surface area contributed by atoms with Gasteiger partial charge in [0.05, 0.1) is 17.2 Å². The van der Waals surface area contributed by atoms with Crippen LogP contribution in [0.3, 0.4) is 0 Å². The fourth-order valence-electron chi connectivity index (χ4n) is 4.20. The number of hydrogen-bond donors (Lipinski definition) is 1. The fourth-order valence-corrected chi connectivity index (χ4v) is 6.04. The molecule has 0 bridgehead atoms. The highest BCUT2D eigenvalue weighted by Gasteiger charge is 2.33. The van der Waals surface area contributed by atoms with E-state index < -0.39 is 28.5 Å². The first-order chi connectivity index (χ1) is 19.1. The van der Waals surface area contributed by atoms with Gasteiger partial charge in [-0.25, -0.2) is 8.42 Å². The maximum absolute atomic E-state index is 14.1. The minimum atomic E-state index is -4.19. The van der Waals surface area contributed by atoms with Crippen molar-refractivity contribution in [3.8, 4) is 5.75 Å². The number of aryl methyl sites for hydroxylation is 1. The first kappa shape index (κ1) is 31.0. The summed E-state index contributed by atoms with van der Waals surface area (Å²) in [7, 11) is -4.19. The molecule has 1 N–H and O–H groups in total. The minimum Gasteiger partial charge on any atom is -0.492 e. The summed E-state index contributed by atoms with van der Waals surface area (Å²) in [5, 5.41) is 2.77. The molecule has 0 heterocycles. The number of amides is 2. The normalized spacial score (nSPS) is 11.9. The van der Waals surface area contributed by atoms with Crippen molar-refractivity contribution >= 4 is 39.3 Å². The monoisotopic (exact) mass is 583 g/mol. The van der Waals surface area contributed by atoms with E-state index in [1.54, 1.807) is 57.2 Å². The highest BCUT2D eigenvalue weighted by atomic mass is 32.2. The van der Waals surface area contributed by atoms with Gasteiger partial charge in [-0.1, -0.05) is 36.4 Å². The summed E-state index contributed by atoms with van der Waals surface area (Å²) < 4.78 is 35.0. The molecule has 1 atom stereocenters. The van der Waals surface area contributed by atoms with Crippen molar-refractivity contribution in [2.24, 2.45) is 0 Å². The lowest BCUT2D eigenvalue weighted by molar-refractivity contribution is -0.139. The standard InChI is InChI=1S/C30H37N3O5S2/c1-6-31-30(35)23(4)32(20-24-13-9-8-12-22(24)3)29(34)21-33(27-14-10-11-15-28(27)38-7-2)40(36,37)26-18-16-25(39-5)17-19-26/h8-19,23H,6-7,20-21H2,1-5H3,(H,31,35).